The van der Waals surface area contributed by atoms with Crippen molar-refractivity contribution in [1.29, 1.82) is 0 Å². The Morgan fingerprint density at radius 2 is 1.95 bits per heavy atom. The number of rotatable bonds is 11. The summed E-state index contributed by atoms with van der Waals surface area (Å²) < 4.78 is 18.4. The zero-order valence-electron chi connectivity index (χ0n) is 22.2. The topological polar surface area (TPSA) is 112 Å². The molecule has 39 heavy (non-hydrogen) atoms. The molecule has 2 heterocycles. The predicted molar refractivity (Wildman–Crippen MR) is 144 cm³/mol. The molecular weight excluding hydrogens is 498 g/mol. The molecule has 1 saturated carbocycles. The number of carbonyl (C=O) groups excluding carboxylic acids is 2. The summed E-state index contributed by atoms with van der Waals surface area (Å²) in [6, 6.07) is 15.5. The van der Waals surface area contributed by atoms with E-state index < -0.39 is 6.04 Å². The molecule has 0 aliphatic heterocycles. The van der Waals surface area contributed by atoms with Crippen LogP contribution in [0.25, 0.3) is 11.0 Å². The lowest BCUT2D eigenvalue weighted by atomic mass is 10.0. The molecule has 0 radical (unpaired) electrons. The summed E-state index contributed by atoms with van der Waals surface area (Å²) in [7, 11) is 1.55. The van der Waals surface area contributed by atoms with Gasteiger partial charge >= 0.3 is 0 Å². The van der Waals surface area contributed by atoms with Gasteiger partial charge in [0.15, 0.2) is 11.5 Å². The van der Waals surface area contributed by atoms with Crippen molar-refractivity contribution in [2.24, 2.45) is 0 Å². The molecule has 2 aromatic heterocycles. The van der Waals surface area contributed by atoms with Crippen LogP contribution in [0.15, 0.2) is 65.3 Å². The molecule has 10 nitrogen and oxygen atoms in total. The summed E-state index contributed by atoms with van der Waals surface area (Å²) in [6.07, 6.45) is 5.53. The van der Waals surface area contributed by atoms with Gasteiger partial charge in [0, 0.05) is 6.04 Å². The van der Waals surface area contributed by atoms with Crippen LogP contribution in [-0.2, 0) is 22.7 Å². The van der Waals surface area contributed by atoms with Gasteiger partial charge in [0.25, 0.3) is 0 Å². The Hall–Kier alpha value is -4.34. The number of amides is 2. The molecule has 10 heteroatoms. The summed E-state index contributed by atoms with van der Waals surface area (Å²) >= 11 is 0. The number of carbonyl (C=O) groups is 2. The van der Waals surface area contributed by atoms with E-state index in [1.807, 2.05) is 31.2 Å². The van der Waals surface area contributed by atoms with Gasteiger partial charge in [0.2, 0.25) is 11.8 Å². The van der Waals surface area contributed by atoms with Gasteiger partial charge in [-0.25, -0.2) is 4.68 Å². The van der Waals surface area contributed by atoms with Crippen molar-refractivity contribution in [2.75, 3.05) is 13.7 Å². The van der Waals surface area contributed by atoms with Crippen LogP contribution in [-0.4, -0.2) is 51.5 Å². The number of fused-ring (bicyclic) bond motifs is 1. The number of benzene rings is 2. The monoisotopic (exact) mass is 531 g/mol. The second-order valence-corrected chi connectivity index (χ2v) is 9.57. The summed E-state index contributed by atoms with van der Waals surface area (Å²) in [4.78, 5) is 29.5. The third kappa shape index (κ3) is 5.89. The number of furan rings is 1. The van der Waals surface area contributed by atoms with Crippen molar-refractivity contribution in [3.8, 4) is 11.5 Å². The first-order chi connectivity index (χ1) is 19.1. The second kappa shape index (κ2) is 12.0. The van der Waals surface area contributed by atoms with Gasteiger partial charge in [-0.3, -0.25) is 9.59 Å². The van der Waals surface area contributed by atoms with E-state index in [9.17, 15) is 9.59 Å². The highest BCUT2D eigenvalue weighted by Gasteiger charge is 2.34. The molecule has 0 unspecified atom stereocenters. The minimum atomic E-state index is -0.942. The molecule has 0 spiro atoms. The van der Waals surface area contributed by atoms with Crippen LogP contribution >= 0.6 is 0 Å². The standard InChI is InChI=1S/C29H33N5O5/c1-3-38-25-15-14-20(17-26(25)37-2)28(29(36)30-21-9-4-5-10-21)33(18-22-11-8-16-39-22)27(35)19-34-24-13-7-6-12-23(24)31-32-34/h6-8,11-17,21,28H,3-5,9-10,18-19H2,1-2H3,(H,30,36)/t28-/m1/s1. The fraction of sp³-hybridized carbons (Fsp3) is 0.379. The molecule has 1 aliphatic carbocycles. The minimum Gasteiger partial charge on any atom is -0.493 e. The Labute approximate surface area is 226 Å². The Balaban J connectivity index is 1.54. The summed E-state index contributed by atoms with van der Waals surface area (Å²) in [6.45, 7) is 2.36. The van der Waals surface area contributed by atoms with Gasteiger partial charge in [-0.2, -0.15) is 0 Å². The van der Waals surface area contributed by atoms with Crippen molar-refractivity contribution in [3.63, 3.8) is 0 Å². The number of methoxy groups -OCH3 is 1. The zero-order valence-corrected chi connectivity index (χ0v) is 22.2. The first-order valence-electron chi connectivity index (χ1n) is 13.3. The highest BCUT2D eigenvalue weighted by atomic mass is 16.5. The van der Waals surface area contributed by atoms with Gasteiger partial charge in [-0.05, 0) is 61.7 Å². The van der Waals surface area contributed by atoms with Gasteiger partial charge in [-0.15, -0.1) is 5.10 Å². The summed E-state index contributed by atoms with van der Waals surface area (Å²) in [5.74, 6) is 1.05. The normalized spacial score (nSPS) is 14.3. The van der Waals surface area contributed by atoms with Gasteiger partial charge in [0.1, 0.15) is 23.9 Å². The molecule has 2 aromatic carbocycles. The minimum absolute atomic E-state index is 0.0735. The number of ether oxygens (including phenoxy) is 2. The molecule has 4 aromatic rings. The summed E-state index contributed by atoms with van der Waals surface area (Å²) in [5, 5.41) is 11.6. The van der Waals surface area contributed by atoms with Crippen molar-refractivity contribution in [2.45, 2.75) is 57.8 Å². The third-order valence-corrected chi connectivity index (χ3v) is 7.00. The van der Waals surface area contributed by atoms with Gasteiger partial charge in [0.05, 0.1) is 32.0 Å². The van der Waals surface area contributed by atoms with Crippen LogP contribution in [0.3, 0.4) is 0 Å². The number of aromatic nitrogens is 3. The zero-order chi connectivity index (χ0) is 27.2. The van der Waals surface area contributed by atoms with E-state index in [0.29, 0.717) is 34.9 Å². The van der Waals surface area contributed by atoms with Crippen LogP contribution < -0.4 is 14.8 Å². The van der Waals surface area contributed by atoms with E-state index in [0.717, 1.165) is 31.2 Å². The first-order valence-corrected chi connectivity index (χ1v) is 13.3. The summed E-state index contributed by atoms with van der Waals surface area (Å²) in [5.41, 5.74) is 2.03. The number of hydrogen-bond donors (Lipinski definition) is 1. The molecule has 5 rings (SSSR count). The molecule has 1 aliphatic rings. The maximum absolute atomic E-state index is 14.0. The smallest absolute Gasteiger partial charge is 0.247 e. The van der Waals surface area contributed by atoms with Gasteiger partial charge in [-0.1, -0.05) is 36.3 Å². The molecule has 0 saturated heterocycles. The number of nitrogens with one attached hydrogen (secondary N) is 1. The SMILES string of the molecule is CCOc1ccc([C@H](C(=O)NC2CCCC2)N(Cc2ccco2)C(=O)Cn2nnc3ccccc32)cc1OC. The Kier molecular flexibility index (Phi) is 8.10. The van der Waals surface area contributed by atoms with Gasteiger partial charge < -0.3 is 24.1 Å². The fourth-order valence-corrected chi connectivity index (χ4v) is 5.10. The van der Waals surface area contributed by atoms with E-state index in [4.69, 9.17) is 13.9 Å². The molecule has 2 amide bonds. The fourth-order valence-electron chi connectivity index (χ4n) is 5.10. The highest BCUT2D eigenvalue weighted by Crippen LogP contribution is 2.34. The van der Waals surface area contributed by atoms with E-state index in [1.165, 1.54) is 4.90 Å². The van der Waals surface area contributed by atoms with E-state index in [2.05, 4.69) is 15.6 Å². The number of para-hydroxylation sites is 1. The molecular formula is C29H33N5O5. The van der Waals surface area contributed by atoms with E-state index in [1.54, 1.807) is 48.4 Å². The van der Waals surface area contributed by atoms with Crippen molar-refractivity contribution >= 4 is 22.8 Å². The van der Waals surface area contributed by atoms with Crippen LogP contribution in [0.5, 0.6) is 11.5 Å². The third-order valence-electron chi connectivity index (χ3n) is 7.00. The number of hydrogen-bond acceptors (Lipinski definition) is 7. The maximum Gasteiger partial charge on any atom is 0.247 e. The quantitative estimate of drug-likeness (QED) is 0.308. The van der Waals surface area contributed by atoms with Crippen LogP contribution in [0, 0.1) is 0 Å². The van der Waals surface area contributed by atoms with Crippen LogP contribution in [0.1, 0.15) is 50.0 Å². The number of nitrogens with zero attached hydrogens (tertiary/aromatic N) is 4. The van der Waals surface area contributed by atoms with Crippen molar-refractivity contribution < 1.29 is 23.5 Å². The maximum atomic E-state index is 14.0. The Morgan fingerprint density at radius 3 is 2.69 bits per heavy atom. The highest BCUT2D eigenvalue weighted by molar-refractivity contribution is 5.89. The first kappa shape index (κ1) is 26.3. The lowest BCUT2D eigenvalue weighted by Crippen LogP contribution is -2.46. The average Bonchev–Trinajstić information content (AvgIpc) is 3.73. The molecule has 1 atom stereocenters. The largest absolute Gasteiger partial charge is 0.493 e. The second-order valence-electron chi connectivity index (χ2n) is 9.57. The van der Waals surface area contributed by atoms with Crippen LogP contribution in [0.2, 0.25) is 0 Å². The lowest BCUT2D eigenvalue weighted by molar-refractivity contribution is -0.142. The van der Waals surface area contributed by atoms with Crippen molar-refractivity contribution in [3.05, 3.63) is 72.2 Å². The molecule has 1 fully saturated rings. The predicted octanol–water partition coefficient (Wildman–Crippen LogP) is 4.26. The van der Waals surface area contributed by atoms with Crippen LogP contribution in [0.4, 0.5) is 0 Å². The Morgan fingerprint density at radius 1 is 1.13 bits per heavy atom. The molecule has 0 bridgehead atoms. The lowest BCUT2D eigenvalue weighted by Gasteiger charge is -2.32. The Bertz CT molecular complexity index is 1410. The average molecular weight is 532 g/mol. The molecule has 204 valence electrons. The van der Waals surface area contributed by atoms with E-state index >= 15 is 0 Å². The molecule has 1 N–H and O–H groups in total. The van der Waals surface area contributed by atoms with E-state index in [-0.39, 0.29) is 30.9 Å². The van der Waals surface area contributed by atoms with Crippen molar-refractivity contribution in [1.82, 2.24) is 25.2 Å².